The maximum absolute atomic E-state index is 12.8. The summed E-state index contributed by atoms with van der Waals surface area (Å²) in [5, 5.41) is 7.98. The van der Waals surface area contributed by atoms with E-state index in [-0.39, 0.29) is 18.9 Å². The fourth-order valence-corrected chi connectivity index (χ4v) is 5.01. The summed E-state index contributed by atoms with van der Waals surface area (Å²) in [6, 6.07) is 14.2. The summed E-state index contributed by atoms with van der Waals surface area (Å²) in [6.45, 7) is 4.00. The molecule has 0 spiro atoms. The van der Waals surface area contributed by atoms with Gasteiger partial charge in [0.05, 0.1) is 13.2 Å². The molecular formula is C23H27N3O5S. The van der Waals surface area contributed by atoms with Crippen LogP contribution in [0.25, 0.3) is 11.1 Å². The highest BCUT2D eigenvalue weighted by molar-refractivity contribution is 7.85. The monoisotopic (exact) mass is 457 g/mol. The second kappa shape index (κ2) is 9.81. The molecule has 2 aromatic carbocycles. The molecule has 0 aromatic heterocycles. The third-order valence-corrected chi connectivity index (χ3v) is 7.28. The van der Waals surface area contributed by atoms with Crippen molar-refractivity contribution in [1.29, 1.82) is 0 Å². The van der Waals surface area contributed by atoms with Gasteiger partial charge in [-0.05, 0) is 47.4 Å². The van der Waals surface area contributed by atoms with Crippen LogP contribution >= 0.6 is 0 Å². The number of nitrogens with zero attached hydrogens (tertiary/aromatic N) is 2. The summed E-state index contributed by atoms with van der Waals surface area (Å²) in [5.74, 6) is -0.794. The van der Waals surface area contributed by atoms with Crippen molar-refractivity contribution < 1.29 is 23.7 Å². The SMILES string of the molecule is CS(=O)C(CCN1Cc2cc(-c3ccc(N4CCOCC4)cc3)ccc2C1=O)C(=O)NO. The highest BCUT2D eigenvalue weighted by Crippen LogP contribution is 2.30. The highest BCUT2D eigenvalue weighted by Gasteiger charge is 2.30. The Balaban J connectivity index is 1.44. The van der Waals surface area contributed by atoms with Gasteiger partial charge < -0.3 is 14.5 Å². The molecule has 170 valence electrons. The Morgan fingerprint density at radius 3 is 2.50 bits per heavy atom. The lowest BCUT2D eigenvalue weighted by Crippen LogP contribution is -2.38. The van der Waals surface area contributed by atoms with Crippen molar-refractivity contribution in [3.05, 3.63) is 53.6 Å². The zero-order valence-corrected chi connectivity index (χ0v) is 18.8. The van der Waals surface area contributed by atoms with Crippen LogP contribution in [0.5, 0.6) is 0 Å². The van der Waals surface area contributed by atoms with Crippen LogP contribution < -0.4 is 10.4 Å². The molecule has 9 heteroatoms. The number of hydrogen-bond acceptors (Lipinski definition) is 6. The molecular weight excluding hydrogens is 430 g/mol. The molecule has 1 saturated heterocycles. The lowest BCUT2D eigenvalue weighted by molar-refractivity contribution is -0.128. The Kier molecular flexibility index (Phi) is 6.88. The molecule has 2 aliphatic rings. The van der Waals surface area contributed by atoms with Crippen LogP contribution in [0.1, 0.15) is 22.3 Å². The number of amides is 2. The molecule has 4 rings (SSSR count). The third-order valence-electron chi connectivity index (χ3n) is 6.03. The first-order valence-corrected chi connectivity index (χ1v) is 12.2. The van der Waals surface area contributed by atoms with Crippen molar-refractivity contribution in [2.45, 2.75) is 18.2 Å². The Labute approximate surface area is 189 Å². The van der Waals surface area contributed by atoms with Gasteiger partial charge in [-0.25, -0.2) is 5.48 Å². The molecule has 2 heterocycles. The van der Waals surface area contributed by atoms with E-state index in [4.69, 9.17) is 9.94 Å². The van der Waals surface area contributed by atoms with E-state index in [1.54, 1.807) is 10.4 Å². The Morgan fingerprint density at radius 1 is 1.16 bits per heavy atom. The predicted octanol–water partition coefficient (Wildman–Crippen LogP) is 1.79. The first-order valence-electron chi connectivity index (χ1n) is 10.6. The number of benzene rings is 2. The zero-order valence-electron chi connectivity index (χ0n) is 18.0. The van der Waals surface area contributed by atoms with E-state index in [1.807, 2.05) is 18.2 Å². The minimum Gasteiger partial charge on any atom is -0.378 e. The molecule has 0 saturated carbocycles. The fourth-order valence-electron chi connectivity index (χ4n) is 4.22. The lowest BCUT2D eigenvalue weighted by atomic mass is 10.00. The van der Waals surface area contributed by atoms with Crippen molar-refractivity contribution in [3.63, 3.8) is 0 Å². The number of morpholine rings is 1. The van der Waals surface area contributed by atoms with Gasteiger partial charge in [0, 0.05) is 54.5 Å². The van der Waals surface area contributed by atoms with E-state index < -0.39 is 22.0 Å². The number of ether oxygens (including phenoxy) is 1. The summed E-state index contributed by atoms with van der Waals surface area (Å²) < 4.78 is 17.2. The van der Waals surface area contributed by atoms with E-state index in [9.17, 15) is 13.8 Å². The first kappa shape index (κ1) is 22.4. The van der Waals surface area contributed by atoms with Crippen LogP contribution in [-0.2, 0) is 26.9 Å². The molecule has 8 nitrogen and oxygen atoms in total. The zero-order chi connectivity index (χ0) is 22.7. The van der Waals surface area contributed by atoms with E-state index in [2.05, 4.69) is 29.2 Å². The highest BCUT2D eigenvalue weighted by atomic mass is 32.2. The molecule has 2 aromatic rings. The summed E-state index contributed by atoms with van der Waals surface area (Å²) in [7, 11) is -1.45. The Bertz CT molecular complexity index is 1020. The average molecular weight is 458 g/mol. The van der Waals surface area contributed by atoms with Crippen molar-refractivity contribution in [3.8, 4) is 11.1 Å². The number of hydroxylamine groups is 1. The number of carbonyl (C=O) groups is 2. The Morgan fingerprint density at radius 2 is 1.84 bits per heavy atom. The number of hydrogen-bond donors (Lipinski definition) is 2. The topological polar surface area (TPSA) is 99.2 Å². The summed E-state index contributed by atoms with van der Waals surface area (Å²) in [6.07, 6.45) is 1.63. The van der Waals surface area contributed by atoms with Gasteiger partial charge in [-0.15, -0.1) is 0 Å². The van der Waals surface area contributed by atoms with Gasteiger partial charge in [0.2, 0.25) is 0 Å². The molecule has 2 unspecified atom stereocenters. The molecule has 2 amide bonds. The van der Waals surface area contributed by atoms with Crippen LogP contribution in [0, 0.1) is 0 Å². The van der Waals surface area contributed by atoms with E-state index in [0.29, 0.717) is 12.1 Å². The molecule has 2 aliphatic heterocycles. The number of fused-ring (bicyclic) bond motifs is 1. The lowest BCUT2D eigenvalue weighted by Gasteiger charge is -2.28. The molecule has 0 aliphatic carbocycles. The molecule has 1 fully saturated rings. The normalized spacial score (nSPS) is 17.8. The largest absolute Gasteiger partial charge is 0.378 e. The number of anilines is 1. The summed E-state index contributed by atoms with van der Waals surface area (Å²) >= 11 is 0. The van der Waals surface area contributed by atoms with Crippen molar-refractivity contribution >= 4 is 28.3 Å². The number of nitrogens with one attached hydrogen (secondary N) is 1. The minimum atomic E-state index is -1.45. The standard InChI is InChI=1S/C23H27N3O5S/c1-32(30)21(22(27)24-29)8-9-26-15-18-14-17(4-7-20(18)23(26)28)16-2-5-19(6-3-16)25-10-12-31-13-11-25/h2-7,14,21,29H,8-13,15H2,1H3,(H,24,27). The Hall–Kier alpha value is -2.75. The smallest absolute Gasteiger partial charge is 0.259 e. The molecule has 32 heavy (non-hydrogen) atoms. The minimum absolute atomic E-state index is 0.0979. The van der Waals surface area contributed by atoms with Crippen LogP contribution in [0.4, 0.5) is 5.69 Å². The number of carbonyl (C=O) groups excluding carboxylic acids is 2. The maximum atomic E-state index is 12.8. The van der Waals surface area contributed by atoms with Crippen LogP contribution in [0.3, 0.4) is 0 Å². The second-order valence-electron chi connectivity index (χ2n) is 8.00. The molecule has 0 bridgehead atoms. The van der Waals surface area contributed by atoms with Crippen molar-refractivity contribution in [2.75, 3.05) is 44.0 Å². The van der Waals surface area contributed by atoms with Crippen LogP contribution in [0.2, 0.25) is 0 Å². The van der Waals surface area contributed by atoms with Crippen molar-refractivity contribution in [1.82, 2.24) is 10.4 Å². The predicted molar refractivity (Wildman–Crippen MR) is 122 cm³/mol. The second-order valence-corrected chi connectivity index (χ2v) is 9.56. The van der Waals surface area contributed by atoms with E-state index in [1.165, 1.54) is 11.9 Å². The van der Waals surface area contributed by atoms with Crippen LogP contribution in [0.15, 0.2) is 42.5 Å². The third kappa shape index (κ3) is 4.69. The van der Waals surface area contributed by atoms with Gasteiger partial charge >= 0.3 is 0 Å². The van der Waals surface area contributed by atoms with Gasteiger partial charge in [0.25, 0.3) is 11.8 Å². The van der Waals surface area contributed by atoms with E-state index in [0.717, 1.165) is 43.0 Å². The molecule has 0 radical (unpaired) electrons. The maximum Gasteiger partial charge on any atom is 0.259 e. The molecule has 2 atom stereocenters. The van der Waals surface area contributed by atoms with Gasteiger partial charge in [-0.2, -0.15) is 0 Å². The quantitative estimate of drug-likeness (QED) is 0.486. The molecule has 2 N–H and O–H groups in total. The van der Waals surface area contributed by atoms with Crippen LogP contribution in [-0.4, -0.2) is 70.5 Å². The average Bonchev–Trinajstić information content (AvgIpc) is 3.14. The number of rotatable bonds is 7. The van der Waals surface area contributed by atoms with Gasteiger partial charge in [-0.1, -0.05) is 18.2 Å². The summed E-state index contributed by atoms with van der Waals surface area (Å²) in [4.78, 5) is 28.4. The summed E-state index contributed by atoms with van der Waals surface area (Å²) in [5.41, 5.74) is 6.44. The first-order chi connectivity index (χ1) is 15.5. The fraction of sp³-hybridized carbons (Fsp3) is 0.391. The van der Waals surface area contributed by atoms with E-state index >= 15 is 0 Å². The van der Waals surface area contributed by atoms with Gasteiger partial charge in [-0.3, -0.25) is 19.0 Å². The van der Waals surface area contributed by atoms with Gasteiger partial charge in [0.15, 0.2) is 0 Å². The van der Waals surface area contributed by atoms with Gasteiger partial charge in [0.1, 0.15) is 5.25 Å². The van der Waals surface area contributed by atoms with Crippen molar-refractivity contribution in [2.24, 2.45) is 0 Å².